The number of nitrogens with one attached hydrogen (secondary N) is 8. The Morgan fingerprint density at radius 1 is 0.560 bits per heavy atom. The van der Waals surface area contributed by atoms with Crippen LogP contribution < -0.4 is 42.5 Å². The molecule has 4 aliphatic rings. The number of unbranched alkanes of at least 4 members (excludes halogenated alkanes) is 2. The highest BCUT2D eigenvalue weighted by molar-refractivity contribution is 5.87. The fourth-order valence-corrected chi connectivity index (χ4v) is 3.92. The van der Waals surface area contributed by atoms with Crippen LogP contribution >= 0.6 is 0 Å². The molecule has 25 heavy (non-hydrogen) atoms. The Balaban J connectivity index is 1.27. The van der Waals surface area contributed by atoms with Crippen LogP contribution in [0.5, 0.6) is 0 Å². The van der Waals surface area contributed by atoms with E-state index >= 15 is 0 Å². The van der Waals surface area contributed by atoms with Gasteiger partial charge in [0.15, 0.2) is 11.3 Å². The lowest BCUT2D eigenvalue weighted by Crippen LogP contribution is -2.56. The first-order chi connectivity index (χ1) is 11.9. The molecule has 0 bridgehead atoms. The van der Waals surface area contributed by atoms with Gasteiger partial charge in [-0.15, -0.1) is 0 Å². The Morgan fingerprint density at radius 3 is 1.20 bits per heavy atom. The third kappa shape index (κ3) is 2.53. The molecule has 0 saturated carbocycles. The topological polar surface area (TPSA) is 165 Å². The molecule has 0 unspecified atom stereocenters. The van der Waals surface area contributed by atoms with Gasteiger partial charge >= 0.3 is 24.1 Å². The summed E-state index contributed by atoms with van der Waals surface area (Å²) < 4.78 is 0. The first kappa shape index (κ1) is 15.6. The Labute approximate surface area is 142 Å². The van der Waals surface area contributed by atoms with Crippen molar-refractivity contribution in [3.63, 3.8) is 0 Å². The van der Waals surface area contributed by atoms with Gasteiger partial charge in [0.1, 0.15) is 12.3 Å². The molecule has 8 amide bonds. The molecule has 0 aliphatic carbocycles. The molecule has 136 valence electrons. The van der Waals surface area contributed by atoms with E-state index in [1.54, 1.807) is 0 Å². The lowest BCUT2D eigenvalue weighted by atomic mass is 9.96. The van der Waals surface area contributed by atoms with Gasteiger partial charge < -0.3 is 42.5 Å². The zero-order chi connectivity index (χ0) is 17.7. The molecule has 0 aromatic carbocycles. The Bertz CT molecular complexity index is 558. The fraction of sp³-hybridized carbons (Fsp3) is 0.692. The molecule has 12 nitrogen and oxygen atoms in total. The van der Waals surface area contributed by atoms with Crippen LogP contribution in [0.1, 0.15) is 32.1 Å². The van der Waals surface area contributed by atoms with Gasteiger partial charge in [0, 0.05) is 0 Å². The minimum atomic E-state index is -0.804. The zero-order valence-corrected chi connectivity index (χ0v) is 13.3. The van der Waals surface area contributed by atoms with Gasteiger partial charge in [0.25, 0.3) is 0 Å². The van der Waals surface area contributed by atoms with E-state index in [4.69, 9.17) is 0 Å². The summed E-state index contributed by atoms with van der Waals surface area (Å²) in [5, 5.41) is 21.7. The van der Waals surface area contributed by atoms with Gasteiger partial charge in [-0.3, -0.25) is 0 Å². The normalized spacial score (nSPS) is 37.6. The van der Waals surface area contributed by atoms with Crippen LogP contribution in [0.25, 0.3) is 0 Å². The van der Waals surface area contributed by atoms with Crippen molar-refractivity contribution in [3.8, 4) is 0 Å². The van der Waals surface area contributed by atoms with Crippen molar-refractivity contribution >= 4 is 24.1 Å². The second kappa shape index (κ2) is 5.29. The predicted molar refractivity (Wildman–Crippen MR) is 82.8 cm³/mol. The van der Waals surface area contributed by atoms with Crippen molar-refractivity contribution in [1.29, 1.82) is 0 Å². The number of carbonyl (C=O) groups excluding carboxylic acids is 4. The number of rotatable bonds is 6. The second-order valence-electron chi connectivity index (χ2n) is 6.76. The number of carbonyl (C=O) groups is 4. The number of amides is 8. The van der Waals surface area contributed by atoms with Crippen LogP contribution in [0, 0.1) is 0 Å². The van der Waals surface area contributed by atoms with Gasteiger partial charge in [0.05, 0.1) is 0 Å². The van der Waals surface area contributed by atoms with Crippen LogP contribution in [0.2, 0.25) is 0 Å². The third-order valence-corrected chi connectivity index (χ3v) is 5.08. The van der Waals surface area contributed by atoms with Crippen molar-refractivity contribution < 1.29 is 19.2 Å². The molecule has 4 rings (SSSR count). The maximum atomic E-state index is 11.5. The number of fused-ring (bicyclic) bond motifs is 2. The second-order valence-corrected chi connectivity index (χ2v) is 6.76. The molecule has 4 aliphatic heterocycles. The molecule has 0 aromatic heterocycles. The zero-order valence-electron chi connectivity index (χ0n) is 13.3. The first-order valence-corrected chi connectivity index (χ1v) is 8.26. The molecule has 0 radical (unpaired) electrons. The number of urea groups is 4. The van der Waals surface area contributed by atoms with Crippen LogP contribution in [0.15, 0.2) is 0 Å². The van der Waals surface area contributed by atoms with Crippen molar-refractivity contribution in [2.24, 2.45) is 0 Å². The number of hydrogen-bond acceptors (Lipinski definition) is 4. The summed E-state index contributed by atoms with van der Waals surface area (Å²) >= 11 is 0. The summed E-state index contributed by atoms with van der Waals surface area (Å²) in [4.78, 5) is 46.0. The third-order valence-electron chi connectivity index (χ3n) is 5.08. The Hall–Kier alpha value is -2.92. The lowest BCUT2D eigenvalue weighted by Gasteiger charge is -2.28. The average Bonchev–Trinajstić information content (AvgIpc) is 3.13. The van der Waals surface area contributed by atoms with Gasteiger partial charge in [-0.2, -0.15) is 0 Å². The maximum Gasteiger partial charge on any atom is 0.318 e. The highest BCUT2D eigenvalue weighted by Crippen LogP contribution is 2.26. The van der Waals surface area contributed by atoms with E-state index in [0.29, 0.717) is 12.8 Å². The molecular formula is C13H20N8O4. The lowest BCUT2D eigenvalue weighted by molar-refractivity contribution is 0.229. The molecule has 0 atom stereocenters. The van der Waals surface area contributed by atoms with Crippen LogP contribution in [0.4, 0.5) is 19.2 Å². The summed E-state index contributed by atoms with van der Waals surface area (Å²) in [6.45, 7) is 0. The minimum Gasteiger partial charge on any atom is -0.314 e. The number of hydrogen-bond donors (Lipinski definition) is 8. The predicted octanol–water partition coefficient (Wildman–Crippen LogP) is -1.77. The smallest absolute Gasteiger partial charge is 0.314 e. The summed E-state index contributed by atoms with van der Waals surface area (Å²) in [5.74, 6) is 0. The minimum absolute atomic E-state index is 0.321. The average molecular weight is 352 g/mol. The van der Waals surface area contributed by atoms with Crippen molar-refractivity contribution in [2.45, 2.75) is 55.8 Å². The molecule has 0 aromatic rings. The SMILES string of the molecule is O=C1NC2NC(=O)NC2(CCCCCC23NC(=O)NC2NC(=O)N3)N1. The highest BCUT2D eigenvalue weighted by atomic mass is 16.2. The van der Waals surface area contributed by atoms with Gasteiger partial charge in [-0.05, 0) is 25.7 Å². The summed E-state index contributed by atoms with van der Waals surface area (Å²) in [7, 11) is 0. The molecule has 4 saturated heterocycles. The van der Waals surface area contributed by atoms with Crippen molar-refractivity contribution in [2.75, 3.05) is 0 Å². The van der Waals surface area contributed by atoms with E-state index in [1.165, 1.54) is 0 Å². The highest BCUT2D eigenvalue weighted by Gasteiger charge is 2.54. The van der Waals surface area contributed by atoms with Gasteiger partial charge in [0.2, 0.25) is 0 Å². The quantitative estimate of drug-likeness (QED) is 0.265. The standard InChI is InChI=1S/C13H20N8O4/c22-8-14-6-12(18-8,19-9(23)15-6)4-2-1-3-5-13-7(16-10(24)20-13)17-11(25)21-13/h6-7H,1-5H2,(H2,14,18,22)(H2,15,19,23)(H2,16,20,24)(H2,17,21,25). The van der Waals surface area contributed by atoms with Crippen molar-refractivity contribution in [1.82, 2.24) is 42.5 Å². The van der Waals surface area contributed by atoms with E-state index in [2.05, 4.69) is 42.5 Å². The van der Waals surface area contributed by atoms with Gasteiger partial charge in [-0.25, -0.2) is 19.2 Å². The maximum absolute atomic E-state index is 11.5. The molecule has 8 N–H and O–H groups in total. The van der Waals surface area contributed by atoms with Gasteiger partial charge in [-0.1, -0.05) is 6.42 Å². The van der Waals surface area contributed by atoms with Crippen LogP contribution in [0.3, 0.4) is 0 Å². The molecule has 12 heteroatoms. The monoisotopic (exact) mass is 352 g/mol. The summed E-state index contributed by atoms with van der Waals surface area (Å²) in [6.07, 6.45) is 2.52. The van der Waals surface area contributed by atoms with E-state index < -0.39 is 23.7 Å². The largest absolute Gasteiger partial charge is 0.318 e. The summed E-state index contributed by atoms with van der Waals surface area (Å²) in [5.41, 5.74) is -1.61. The Morgan fingerprint density at radius 2 is 0.880 bits per heavy atom. The summed E-state index contributed by atoms with van der Waals surface area (Å²) in [6, 6.07) is -1.28. The van der Waals surface area contributed by atoms with E-state index in [1.807, 2.05) is 0 Å². The Kier molecular flexibility index (Phi) is 3.30. The van der Waals surface area contributed by atoms with E-state index in [-0.39, 0.29) is 24.1 Å². The van der Waals surface area contributed by atoms with E-state index in [9.17, 15) is 19.2 Å². The molecule has 4 heterocycles. The van der Waals surface area contributed by atoms with Crippen molar-refractivity contribution in [3.05, 3.63) is 0 Å². The molecule has 0 spiro atoms. The van der Waals surface area contributed by atoms with E-state index in [0.717, 1.165) is 19.3 Å². The van der Waals surface area contributed by atoms with Crippen LogP contribution in [-0.2, 0) is 0 Å². The van der Waals surface area contributed by atoms with Crippen LogP contribution in [-0.4, -0.2) is 47.8 Å². The fourth-order valence-electron chi connectivity index (χ4n) is 3.92. The molecular weight excluding hydrogens is 332 g/mol. The molecule has 4 fully saturated rings. The first-order valence-electron chi connectivity index (χ1n) is 8.26.